The molecule has 0 amide bonds. The molecule has 1 aliphatic rings. The van der Waals surface area contributed by atoms with Crippen molar-refractivity contribution in [1.29, 1.82) is 0 Å². The van der Waals surface area contributed by atoms with E-state index in [0.29, 0.717) is 6.42 Å². The van der Waals surface area contributed by atoms with Crippen molar-refractivity contribution in [1.82, 2.24) is 5.32 Å². The number of methoxy groups -OCH3 is 1. The SMILES string of the molecule is COC(=O)CC1=C(C)NC(C)=C(CC(=O)O)C1. The lowest BCUT2D eigenvalue weighted by Crippen LogP contribution is -2.21. The quantitative estimate of drug-likeness (QED) is 0.728. The fraction of sp³-hybridized carbons (Fsp3) is 0.500. The van der Waals surface area contributed by atoms with Crippen LogP contribution in [0.25, 0.3) is 0 Å². The molecule has 0 radical (unpaired) electrons. The lowest BCUT2D eigenvalue weighted by atomic mass is 9.94. The molecule has 1 rings (SSSR count). The second-order valence-corrected chi connectivity index (χ2v) is 4.08. The number of carboxylic acid groups (broad SMARTS) is 1. The molecule has 5 nitrogen and oxygen atoms in total. The van der Waals surface area contributed by atoms with Crippen LogP contribution in [-0.2, 0) is 14.3 Å². The first-order valence-electron chi connectivity index (χ1n) is 5.37. The maximum absolute atomic E-state index is 11.2. The average Bonchev–Trinajstić information content (AvgIpc) is 2.24. The molecule has 2 N–H and O–H groups in total. The maximum atomic E-state index is 11.2. The number of esters is 1. The molecule has 0 unspecified atom stereocenters. The fourth-order valence-corrected chi connectivity index (χ4v) is 1.80. The number of ether oxygens (including phenoxy) is 1. The van der Waals surface area contributed by atoms with Gasteiger partial charge in [-0.3, -0.25) is 9.59 Å². The number of allylic oxidation sites excluding steroid dienone is 2. The number of hydrogen-bond donors (Lipinski definition) is 2. The summed E-state index contributed by atoms with van der Waals surface area (Å²) in [5.74, 6) is -1.17. The van der Waals surface area contributed by atoms with Gasteiger partial charge in [0.25, 0.3) is 0 Å². The number of rotatable bonds is 4. The van der Waals surface area contributed by atoms with E-state index in [-0.39, 0.29) is 18.8 Å². The van der Waals surface area contributed by atoms with E-state index in [9.17, 15) is 9.59 Å². The zero-order valence-corrected chi connectivity index (χ0v) is 10.3. The van der Waals surface area contributed by atoms with Crippen LogP contribution >= 0.6 is 0 Å². The molecule has 0 spiro atoms. The Kier molecular flexibility index (Phi) is 4.31. The second-order valence-electron chi connectivity index (χ2n) is 4.08. The molecule has 0 saturated heterocycles. The van der Waals surface area contributed by atoms with Gasteiger partial charge in [0.2, 0.25) is 0 Å². The lowest BCUT2D eigenvalue weighted by molar-refractivity contribution is -0.139. The minimum Gasteiger partial charge on any atom is -0.481 e. The van der Waals surface area contributed by atoms with Crippen LogP contribution in [0.2, 0.25) is 0 Å². The summed E-state index contributed by atoms with van der Waals surface area (Å²) in [4.78, 5) is 21.9. The number of nitrogens with one attached hydrogen (secondary N) is 1. The van der Waals surface area contributed by atoms with E-state index in [0.717, 1.165) is 22.5 Å². The zero-order chi connectivity index (χ0) is 13.0. The first kappa shape index (κ1) is 13.3. The second kappa shape index (κ2) is 5.52. The molecule has 0 aromatic heterocycles. The predicted molar refractivity (Wildman–Crippen MR) is 62.0 cm³/mol. The highest BCUT2D eigenvalue weighted by atomic mass is 16.5. The van der Waals surface area contributed by atoms with Gasteiger partial charge in [-0.2, -0.15) is 0 Å². The third kappa shape index (κ3) is 3.62. The van der Waals surface area contributed by atoms with Crippen molar-refractivity contribution < 1.29 is 19.4 Å². The van der Waals surface area contributed by atoms with Gasteiger partial charge in [-0.05, 0) is 31.4 Å². The molecular formula is C12H17NO4. The van der Waals surface area contributed by atoms with Crippen molar-refractivity contribution in [2.24, 2.45) is 0 Å². The molecular weight excluding hydrogens is 222 g/mol. The highest BCUT2D eigenvalue weighted by molar-refractivity contribution is 5.74. The van der Waals surface area contributed by atoms with Crippen LogP contribution in [0.4, 0.5) is 0 Å². The van der Waals surface area contributed by atoms with E-state index >= 15 is 0 Å². The van der Waals surface area contributed by atoms with Crippen LogP contribution in [0, 0.1) is 0 Å². The Morgan fingerprint density at radius 2 is 1.76 bits per heavy atom. The van der Waals surface area contributed by atoms with Gasteiger partial charge in [0.1, 0.15) is 0 Å². The van der Waals surface area contributed by atoms with Crippen LogP contribution in [0.1, 0.15) is 33.1 Å². The molecule has 0 aromatic carbocycles. The Balaban J connectivity index is 2.78. The molecule has 1 heterocycles. The Bertz CT molecular complexity index is 407. The lowest BCUT2D eigenvalue weighted by Gasteiger charge is -2.23. The predicted octanol–water partition coefficient (Wildman–Crippen LogP) is 1.57. The average molecular weight is 239 g/mol. The summed E-state index contributed by atoms with van der Waals surface area (Å²) in [5, 5.41) is 11.9. The molecule has 0 aromatic rings. The minimum absolute atomic E-state index is 0.00319. The van der Waals surface area contributed by atoms with Gasteiger partial charge in [-0.25, -0.2) is 0 Å². The highest BCUT2D eigenvalue weighted by Gasteiger charge is 2.19. The standard InChI is InChI=1S/C12H17NO4/c1-7-9(5-11(14)15)4-10(8(2)13-7)6-12(16)17-3/h13H,4-6H2,1-3H3,(H,14,15). The Morgan fingerprint density at radius 3 is 2.24 bits per heavy atom. The van der Waals surface area contributed by atoms with Crippen molar-refractivity contribution in [3.63, 3.8) is 0 Å². The Labute approximate surface area is 100 Å². The zero-order valence-electron chi connectivity index (χ0n) is 10.3. The molecule has 1 aliphatic heterocycles. The van der Waals surface area contributed by atoms with E-state index < -0.39 is 5.97 Å². The molecule has 0 saturated carbocycles. The largest absolute Gasteiger partial charge is 0.481 e. The molecule has 94 valence electrons. The van der Waals surface area contributed by atoms with Crippen molar-refractivity contribution in [3.05, 3.63) is 22.5 Å². The Hall–Kier alpha value is -1.78. The third-order valence-electron chi connectivity index (χ3n) is 2.81. The molecule has 17 heavy (non-hydrogen) atoms. The number of carbonyl (C=O) groups is 2. The van der Waals surface area contributed by atoms with Crippen LogP contribution in [0.5, 0.6) is 0 Å². The number of carbonyl (C=O) groups excluding carboxylic acids is 1. The molecule has 5 heteroatoms. The summed E-state index contributed by atoms with van der Waals surface area (Å²) in [6.07, 6.45) is 0.717. The minimum atomic E-state index is -0.863. The van der Waals surface area contributed by atoms with Crippen LogP contribution in [0.15, 0.2) is 22.5 Å². The van der Waals surface area contributed by atoms with Gasteiger partial charge in [0, 0.05) is 11.4 Å². The van der Waals surface area contributed by atoms with E-state index in [1.165, 1.54) is 7.11 Å². The first-order chi connectivity index (χ1) is 7.93. The third-order valence-corrected chi connectivity index (χ3v) is 2.81. The number of hydrogen-bond acceptors (Lipinski definition) is 4. The monoisotopic (exact) mass is 239 g/mol. The van der Waals surface area contributed by atoms with Gasteiger partial charge in [0.15, 0.2) is 0 Å². The maximum Gasteiger partial charge on any atom is 0.309 e. The topological polar surface area (TPSA) is 75.6 Å². The summed E-state index contributed by atoms with van der Waals surface area (Å²) in [6, 6.07) is 0. The Morgan fingerprint density at radius 1 is 1.24 bits per heavy atom. The van der Waals surface area contributed by atoms with E-state index in [1.54, 1.807) is 0 Å². The van der Waals surface area contributed by atoms with Crippen LogP contribution in [0.3, 0.4) is 0 Å². The molecule has 0 bridgehead atoms. The summed E-state index contributed by atoms with van der Waals surface area (Å²) in [7, 11) is 1.34. The van der Waals surface area contributed by atoms with Gasteiger partial charge in [0.05, 0.1) is 20.0 Å². The number of aliphatic carboxylic acids is 1. The van der Waals surface area contributed by atoms with Crippen molar-refractivity contribution in [2.75, 3.05) is 7.11 Å². The van der Waals surface area contributed by atoms with E-state index in [1.807, 2.05) is 13.8 Å². The van der Waals surface area contributed by atoms with E-state index in [4.69, 9.17) is 5.11 Å². The first-order valence-corrected chi connectivity index (χ1v) is 5.37. The fourth-order valence-electron chi connectivity index (χ4n) is 1.80. The summed E-state index contributed by atoms with van der Waals surface area (Å²) >= 11 is 0. The normalized spacial score (nSPS) is 15.7. The number of dihydropyridines is 1. The van der Waals surface area contributed by atoms with Crippen molar-refractivity contribution in [2.45, 2.75) is 33.1 Å². The van der Waals surface area contributed by atoms with Crippen molar-refractivity contribution >= 4 is 11.9 Å². The molecule has 0 atom stereocenters. The summed E-state index contributed by atoms with van der Waals surface area (Å²) in [5.41, 5.74) is 3.46. The molecule has 0 aliphatic carbocycles. The van der Waals surface area contributed by atoms with E-state index in [2.05, 4.69) is 10.1 Å². The number of carboxylic acids is 1. The van der Waals surface area contributed by atoms with Gasteiger partial charge in [-0.1, -0.05) is 0 Å². The van der Waals surface area contributed by atoms with Gasteiger partial charge < -0.3 is 15.2 Å². The summed E-state index contributed by atoms with van der Waals surface area (Å²) < 4.78 is 4.61. The highest BCUT2D eigenvalue weighted by Crippen LogP contribution is 2.27. The van der Waals surface area contributed by atoms with Crippen molar-refractivity contribution in [3.8, 4) is 0 Å². The molecule has 0 fully saturated rings. The summed E-state index contributed by atoms with van der Waals surface area (Å²) in [6.45, 7) is 3.72. The van der Waals surface area contributed by atoms with Gasteiger partial charge >= 0.3 is 11.9 Å². The van der Waals surface area contributed by atoms with Crippen LogP contribution in [-0.4, -0.2) is 24.2 Å². The smallest absolute Gasteiger partial charge is 0.309 e. The van der Waals surface area contributed by atoms with Crippen LogP contribution < -0.4 is 5.32 Å². The van der Waals surface area contributed by atoms with Gasteiger partial charge in [-0.15, -0.1) is 0 Å².